The summed E-state index contributed by atoms with van der Waals surface area (Å²) in [7, 11) is 0. The highest BCUT2D eigenvalue weighted by molar-refractivity contribution is 5.83. The fraction of sp³-hybridized carbons (Fsp3) is 0.494. The van der Waals surface area contributed by atoms with Gasteiger partial charge in [-0.05, 0) is 61.1 Å². The number of aliphatic hydroxyl groups excluding tert-OH is 2. The number of carbonyl (C=O) groups is 9. The summed E-state index contributed by atoms with van der Waals surface area (Å²) in [4.78, 5) is 124. The SMILES string of the molecule is CC(=O)N[C@H]1[C@@H](O[C@H](C)[C@H](NC(=O)OCC2c3ccccc3-c3ccccc32)C(=O)OC(C)(C)C)O[C@@H]2COC(c3ccccc3)O[C@@H]2[C@@H]1O[C@@H]1O[C@H](COCc2ccccc2)[C@H](O)[C@H](O[C@]2(C(=O)OCc3ccccc3)C[C@H](OC(C)=O)[C@@H](NC(C)=O)[C@H]([C@H](OC(C)=O)[C@@H](COC(C)=O)OC(C)=O)O2)[C@H]1O. The molecule has 4 heterocycles. The molecule has 4 aliphatic heterocycles. The Kier molecular flexibility index (Phi) is 27.0. The molecule has 0 aromatic heterocycles. The number of nitrogens with one attached hydrogen (secondary N) is 3. The van der Waals surface area contributed by atoms with Crippen LogP contribution in [0.3, 0.4) is 0 Å². The van der Waals surface area contributed by atoms with E-state index in [1.165, 1.54) is 13.8 Å². The molecule has 19 atom stereocenters. The molecule has 30 nitrogen and oxygen atoms in total. The molecule has 576 valence electrons. The summed E-state index contributed by atoms with van der Waals surface area (Å²) in [5.74, 6) is -11.4. The highest BCUT2D eigenvalue weighted by Gasteiger charge is 2.63. The van der Waals surface area contributed by atoms with Crippen molar-refractivity contribution in [2.24, 2.45) is 0 Å². The standard InChI is InChI=1S/C77H91N3O27/c1-41(60(70(89)107-76(8,9)10)80-75(91)96-37-55-53-32-22-20-30-51(53)52-31-21-23-33-54(52)55)97-72-62(79-43(3)82)67(65-59(102-72)40-94-71(103-65)50-28-18-13-19-29-50)104-73-64(88)69(63(87)57(101-73)38-92-35-48-24-14-11-15-25-48)106-77(74(90)95-36-49-26-16-12-17-27-49)34-56(98-45(5)84)61(78-42(2)81)68(105-77)66(100-47(7)86)58(99-46(6)85)39-93-44(4)83/h11-33,41,55-69,71-73,87-88H,34-40H2,1-10H3,(H,78,81)(H,79,82)(H,80,91)/t41-,56+,57-,58-,59-,60+,61-,62-,63+,64-,65+,66-,67-,68-,69+,71?,72+,73+,77+/m1/s1. The van der Waals surface area contributed by atoms with Crippen molar-refractivity contribution in [1.29, 1.82) is 0 Å². The lowest BCUT2D eigenvalue weighted by Gasteiger charge is -2.53. The zero-order chi connectivity index (χ0) is 76.9. The number of aliphatic hydroxyl groups is 2. The Balaban J connectivity index is 1.05. The van der Waals surface area contributed by atoms with Gasteiger partial charge in [0, 0.05) is 53.0 Å². The van der Waals surface area contributed by atoms with E-state index in [9.17, 15) is 48.6 Å². The van der Waals surface area contributed by atoms with Crippen LogP contribution in [0.2, 0.25) is 0 Å². The maximum absolute atomic E-state index is 15.7. The first kappa shape index (κ1) is 80.2. The van der Waals surface area contributed by atoms with E-state index in [0.29, 0.717) is 16.7 Å². The van der Waals surface area contributed by atoms with Gasteiger partial charge in [0.25, 0.3) is 5.79 Å². The van der Waals surface area contributed by atoms with Gasteiger partial charge < -0.3 is 102 Å². The first-order valence-corrected chi connectivity index (χ1v) is 35.1. The van der Waals surface area contributed by atoms with Crippen molar-refractivity contribution in [3.8, 4) is 11.1 Å². The lowest BCUT2D eigenvalue weighted by molar-refractivity contribution is -0.395. The van der Waals surface area contributed by atoms with Crippen LogP contribution in [-0.2, 0) is 127 Å². The highest BCUT2D eigenvalue weighted by atomic mass is 16.8. The van der Waals surface area contributed by atoms with Crippen LogP contribution >= 0.6 is 0 Å². The molecule has 10 rings (SSSR count). The van der Waals surface area contributed by atoms with Gasteiger partial charge in [-0.15, -0.1) is 0 Å². The lowest BCUT2D eigenvalue weighted by atomic mass is 9.87. The maximum atomic E-state index is 15.7. The molecular weight excluding hydrogens is 1400 g/mol. The normalized spacial score (nSPS) is 27.1. The van der Waals surface area contributed by atoms with Crippen molar-refractivity contribution >= 4 is 53.7 Å². The fourth-order valence-electron chi connectivity index (χ4n) is 13.5. The zero-order valence-corrected chi connectivity index (χ0v) is 60.8. The van der Waals surface area contributed by atoms with E-state index in [2.05, 4.69) is 16.0 Å². The molecule has 5 aromatic rings. The Bertz CT molecular complexity index is 3860. The predicted molar refractivity (Wildman–Crippen MR) is 371 cm³/mol. The molecule has 1 unspecified atom stereocenters. The number of hydrogen-bond acceptors (Lipinski definition) is 27. The molecular formula is C77H91N3O27. The Morgan fingerprint density at radius 1 is 0.617 bits per heavy atom. The Hall–Kier alpha value is -9.31. The van der Waals surface area contributed by atoms with Gasteiger partial charge in [0.2, 0.25) is 11.8 Å². The van der Waals surface area contributed by atoms with Crippen LogP contribution in [0.4, 0.5) is 4.79 Å². The van der Waals surface area contributed by atoms with E-state index >= 15 is 4.79 Å². The van der Waals surface area contributed by atoms with Crippen molar-refractivity contribution < 1.29 is 129 Å². The van der Waals surface area contributed by atoms with E-state index in [4.69, 9.17) is 75.8 Å². The molecule has 4 saturated heterocycles. The molecule has 1 aliphatic carbocycles. The number of amides is 3. The minimum atomic E-state index is -3.11. The van der Waals surface area contributed by atoms with Gasteiger partial charge in [0.1, 0.15) is 86.4 Å². The number of hydrogen-bond donors (Lipinski definition) is 5. The van der Waals surface area contributed by atoms with Gasteiger partial charge in [0.05, 0.1) is 38.4 Å². The number of esters is 6. The van der Waals surface area contributed by atoms with Crippen molar-refractivity contribution in [3.05, 3.63) is 167 Å². The molecule has 5 aliphatic rings. The molecule has 107 heavy (non-hydrogen) atoms. The number of ether oxygens (including phenoxy) is 16. The third kappa shape index (κ3) is 20.7. The van der Waals surface area contributed by atoms with E-state index in [1.807, 2.05) is 48.5 Å². The molecule has 0 spiro atoms. The molecule has 3 amide bonds. The summed E-state index contributed by atoms with van der Waals surface area (Å²) in [6.45, 7) is 10.2. The minimum Gasteiger partial charge on any atom is -0.462 e. The van der Waals surface area contributed by atoms with Crippen LogP contribution in [0.5, 0.6) is 0 Å². The number of carbonyl (C=O) groups excluding carboxylic acids is 9. The summed E-state index contributed by atoms with van der Waals surface area (Å²) in [5, 5.41) is 34.3. The van der Waals surface area contributed by atoms with E-state index in [1.54, 1.807) is 112 Å². The second kappa shape index (κ2) is 36.1. The van der Waals surface area contributed by atoms with E-state index in [-0.39, 0.29) is 25.7 Å². The summed E-state index contributed by atoms with van der Waals surface area (Å²) < 4.78 is 100. The summed E-state index contributed by atoms with van der Waals surface area (Å²) in [6.07, 6.45) is -28.6. The van der Waals surface area contributed by atoms with Gasteiger partial charge >= 0.3 is 41.9 Å². The van der Waals surface area contributed by atoms with E-state index in [0.717, 1.165) is 56.9 Å². The lowest BCUT2D eigenvalue weighted by Crippen LogP contribution is -2.72. The average Bonchev–Trinajstić information content (AvgIpc) is 0.796. The Morgan fingerprint density at radius 2 is 1.21 bits per heavy atom. The first-order valence-electron chi connectivity index (χ1n) is 35.1. The Morgan fingerprint density at radius 3 is 1.79 bits per heavy atom. The molecule has 0 bridgehead atoms. The highest BCUT2D eigenvalue weighted by Crippen LogP contribution is 2.46. The van der Waals surface area contributed by atoms with Crippen LogP contribution in [0.15, 0.2) is 140 Å². The van der Waals surface area contributed by atoms with Crippen LogP contribution < -0.4 is 16.0 Å². The molecule has 5 aromatic carbocycles. The molecule has 0 radical (unpaired) electrons. The minimum absolute atomic E-state index is 0.0861. The first-order chi connectivity index (χ1) is 51.0. The third-order valence-corrected chi connectivity index (χ3v) is 18.1. The average molecular weight is 1490 g/mol. The van der Waals surface area contributed by atoms with Gasteiger partial charge in [-0.1, -0.05) is 140 Å². The van der Waals surface area contributed by atoms with Crippen LogP contribution in [0.1, 0.15) is 116 Å². The van der Waals surface area contributed by atoms with Crippen LogP contribution in [0.25, 0.3) is 11.1 Å². The number of fused-ring (bicyclic) bond motifs is 4. The number of alkyl carbamates (subject to hydrolysis) is 1. The maximum Gasteiger partial charge on any atom is 0.407 e. The van der Waals surface area contributed by atoms with Gasteiger partial charge in [-0.2, -0.15) is 0 Å². The van der Waals surface area contributed by atoms with Crippen LogP contribution in [0, 0.1) is 0 Å². The van der Waals surface area contributed by atoms with Crippen molar-refractivity contribution in [2.45, 2.75) is 216 Å². The van der Waals surface area contributed by atoms with Crippen LogP contribution in [-0.4, -0.2) is 206 Å². The molecule has 30 heteroatoms. The van der Waals surface area contributed by atoms with E-state index < -0.39 is 202 Å². The number of rotatable bonds is 28. The van der Waals surface area contributed by atoms with Crippen molar-refractivity contribution in [2.75, 3.05) is 26.4 Å². The Labute approximate surface area is 617 Å². The summed E-state index contributed by atoms with van der Waals surface area (Å²) >= 11 is 0. The summed E-state index contributed by atoms with van der Waals surface area (Å²) in [5.41, 5.74) is 4.31. The molecule has 4 fully saturated rings. The quantitative estimate of drug-likeness (QED) is 0.0304. The predicted octanol–water partition coefficient (Wildman–Crippen LogP) is 5.51. The topological polar surface area (TPSA) is 378 Å². The third-order valence-electron chi connectivity index (χ3n) is 18.1. The van der Waals surface area contributed by atoms with Gasteiger partial charge in [-0.25, -0.2) is 14.4 Å². The zero-order valence-electron chi connectivity index (χ0n) is 60.8. The molecule has 0 saturated carbocycles. The monoisotopic (exact) mass is 1490 g/mol. The van der Waals surface area contributed by atoms with Crippen molar-refractivity contribution in [3.63, 3.8) is 0 Å². The fourth-order valence-corrected chi connectivity index (χ4v) is 13.5. The summed E-state index contributed by atoms with van der Waals surface area (Å²) in [6, 6.07) is 36.4. The molecule has 5 N–H and O–H groups in total. The van der Waals surface area contributed by atoms with Gasteiger partial charge in [-0.3, -0.25) is 28.8 Å². The second-order valence-electron chi connectivity index (χ2n) is 27.5. The second-order valence-corrected chi connectivity index (χ2v) is 27.5. The van der Waals surface area contributed by atoms with Gasteiger partial charge in [0.15, 0.2) is 37.1 Å². The smallest absolute Gasteiger partial charge is 0.407 e. The van der Waals surface area contributed by atoms with Crippen molar-refractivity contribution in [1.82, 2.24) is 16.0 Å². The number of benzene rings is 5. The largest absolute Gasteiger partial charge is 0.462 e.